The van der Waals surface area contributed by atoms with Crippen molar-refractivity contribution in [2.75, 3.05) is 0 Å². The van der Waals surface area contributed by atoms with Gasteiger partial charge < -0.3 is 0 Å². The average molecular weight is 428 g/mol. The Morgan fingerprint density at radius 1 is 1.14 bits per heavy atom. The predicted octanol–water partition coefficient (Wildman–Crippen LogP) is 6.05. The molecule has 4 rings (SSSR count). The minimum atomic E-state index is -0.0390. The van der Waals surface area contributed by atoms with Gasteiger partial charge in [-0.05, 0) is 30.7 Å². The summed E-state index contributed by atoms with van der Waals surface area (Å²) >= 11 is 8.94. The van der Waals surface area contributed by atoms with Crippen molar-refractivity contribution in [2.45, 2.75) is 29.0 Å². The Morgan fingerprint density at radius 3 is 2.61 bits per heavy atom. The second-order valence-corrected chi connectivity index (χ2v) is 8.81. The van der Waals surface area contributed by atoms with Gasteiger partial charge in [0.1, 0.15) is 4.90 Å². The molecule has 0 spiro atoms. The third-order valence-corrected chi connectivity index (χ3v) is 6.56. The van der Waals surface area contributed by atoms with Gasteiger partial charge in [0.25, 0.3) is 5.56 Å². The van der Waals surface area contributed by atoms with Crippen LogP contribution in [-0.4, -0.2) is 14.8 Å². The molecule has 2 aromatic heterocycles. The van der Waals surface area contributed by atoms with Crippen molar-refractivity contribution in [3.05, 3.63) is 81.0 Å². The van der Waals surface area contributed by atoms with Crippen LogP contribution in [0.1, 0.15) is 19.0 Å². The van der Waals surface area contributed by atoms with E-state index in [1.165, 1.54) is 11.8 Å². The van der Waals surface area contributed by atoms with E-state index in [2.05, 4.69) is 12.0 Å². The molecule has 1 N–H and O–H groups in total. The molecule has 142 valence electrons. The molecule has 0 saturated heterocycles. The minimum absolute atomic E-state index is 0.0390. The monoisotopic (exact) mass is 427 g/mol. The number of para-hydroxylation sites is 1. The van der Waals surface area contributed by atoms with E-state index in [4.69, 9.17) is 16.6 Å². The van der Waals surface area contributed by atoms with E-state index < -0.39 is 0 Å². The van der Waals surface area contributed by atoms with E-state index in [0.717, 1.165) is 39.8 Å². The maximum atomic E-state index is 13.1. The van der Waals surface area contributed by atoms with Gasteiger partial charge in [-0.3, -0.25) is 9.89 Å². The Balaban J connectivity index is 1.67. The number of hydrogen-bond donors (Lipinski definition) is 1. The highest BCUT2D eigenvalue weighted by atomic mass is 35.5. The average Bonchev–Trinajstić information content (AvgIpc) is 3.30. The van der Waals surface area contributed by atoms with Crippen molar-refractivity contribution in [2.24, 2.45) is 0 Å². The standard InChI is InChI=1S/C21H18ClN3OS2/c1-2-6-17-19(20(26)25(24-17)16-7-4-3-5-8-16)28-21-23-18(13-27-21)14-9-11-15(22)12-10-14/h3-5,7-13,24H,2,6H2,1H3. The molecule has 2 heterocycles. The summed E-state index contributed by atoms with van der Waals surface area (Å²) in [6, 6.07) is 17.2. The number of benzene rings is 2. The highest BCUT2D eigenvalue weighted by Gasteiger charge is 2.18. The Morgan fingerprint density at radius 2 is 1.89 bits per heavy atom. The molecular weight excluding hydrogens is 410 g/mol. The fraction of sp³-hybridized carbons (Fsp3) is 0.143. The molecule has 0 amide bonds. The molecule has 0 unspecified atom stereocenters. The predicted molar refractivity (Wildman–Crippen MR) is 117 cm³/mol. The van der Waals surface area contributed by atoms with Gasteiger partial charge >= 0.3 is 0 Å². The van der Waals surface area contributed by atoms with Gasteiger partial charge in [-0.1, -0.05) is 67.0 Å². The lowest BCUT2D eigenvalue weighted by Crippen LogP contribution is -2.15. The van der Waals surface area contributed by atoms with Crippen LogP contribution >= 0.6 is 34.7 Å². The van der Waals surface area contributed by atoms with Crippen LogP contribution in [0, 0.1) is 0 Å². The molecule has 7 heteroatoms. The molecule has 0 aliphatic carbocycles. The third kappa shape index (κ3) is 3.94. The molecular formula is C21H18ClN3OS2. The molecule has 2 aromatic carbocycles. The minimum Gasteiger partial charge on any atom is -0.294 e. The van der Waals surface area contributed by atoms with Crippen molar-refractivity contribution in [3.8, 4) is 16.9 Å². The first-order valence-corrected chi connectivity index (χ1v) is 11.0. The molecule has 0 bridgehead atoms. The first kappa shape index (κ1) is 19.1. The zero-order valence-electron chi connectivity index (χ0n) is 15.2. The highest BCUT2D eigenvalue weighted by molar-refractivity contribution is 8.01. The lowest BCUT2D eigenvalue weighted by molar-refractivity contribution is 0.792. The largest absolute Gasteiger partial charge is 0.294 e. The highest BCUT2D eigenvalue weighted by Crippen LogP contribution is 2.34. The number of halogens is 1. The van der Waals surface area contributed by atoms with Crippen LogP contribution in [0.4, 0.5) is 0 Å². The quantitative estimate of drug-likeness (QED) is 0.407. The van der Waals surface area contributed by atoms with E-state index in [1.807, 2.05) is 60.0 Å². The van der Waals surface area contributed by atoms with Gasteiger partial charge in [-0.25, -0.2) is 9.67 Å². The molecule has 4 aromatic rings. The summed E-state index contributed by atoms with van der Waals surface area (Å²) < 4.78 is 2.46. The zero-order valence-corrected chi connectivity index (χ0v) is 17.6. The van der Waals surface area contributed by atoms with Crippen LogP contribution in [0.2, 0.25) is 5.02 Å². The summed E-state index contributed by atoms with van der Waals surface area (Å²) in [7, 11) is 0. The van der Waals surface area contributed by atoms with Gasteiger partial charge in [0.15, 0.2) is 4.34 Å². The van der Waals surface area contributed by atoms with Crippen molar-refractivity contribution < 1.29 is 0 Å². The SMILES string of the molecule is CCCc1[nH]n(-c2ccccc2)c(=O)c1Sc1nc(-c2ccc(Cl)cc2)cs1. The van der Waals surface area contributed by atoms with E-state index in [9.17, 15) is 4.79 Å². The molecule has 0 saturated carbocycles. The smallest absolute Gasteiger partial charge is 0.285 e. The van der Waals surface area contributed by atoms with Crippen LogP contribution in [0.5, 0.6) is 0 Å². The van der Waals surface area contributed by atoms with Crippen molar-refractivity contribution >= 4 is 34.7 Å². The fourth-order valence-corrected chi connectivity index (χ4v) is 4.93. The summed E-state index contributed by atoms with van der Waals surface area (Å²) in [4.78, 5) is 18.5. The van der Waals surface area contributed by atoms with E-state index in [-0.39, 0.29) is 5.56 Å². The maximum Gasteiger partial charge on any atom is 0.285 e. The van der Waals surface area contributed by atoms with E-state index in [0.29, 0.717) is 9.92 Å². The molecule has 0 atom stereocenters. The Labute approximate surface area is 176 Å². The first-order chi connectivity index (χ1) is 13.7. The van der Waals surface area contributed by atoms with Crippen LogP contribution in [-0.2, 0) is 6.42 Å². The number of aromatic nitrogens is 3. The van der Waals surface area contributed by atoms with Crippen molar-refractivity contribution in [1.82, 2.24) is 14.8 Å². The van der Waals surface area contributed by atoms with E-state index >= 15 is 0 Å². The lowest BCUT2D eigenvalue weighted by atomic mass is 10.2. The van der Waals surface area contributed by atoms with Crippen molar-refractivity contribution in [3.63, 3.8) is 0 Å². The zero-order chi connectivity index (χ0) is 19.5. The summed E-state index contributed by atoms with van der Waals surface area (Å²) in [5, 5.41) is 5.99. The maximum absolute atomic E-state index is 13.1. The van der Waals surface area contributed by atoms with Gasteiger partial charge in [0.2, 0.25) is 0 Å². The molecule has 28 heavy (non-hydrogen) atoms. The summed E-state index contributed by atoms with van der Waals surface area (Å²) in [5.74, 6) is 0. The number of aryl methyl sites for hydroxylation is 1. The fourth-order valence-electron chi connectivity index (χ4n) is 2.90. The number of hydrogen-bond acceptors (Lipinski definition) is 4. The van der Waals surface area contributed by atoms with Crippen LogP contribution in [0.15, 0.2) is 74.0 Å². The normalized spacial score (nSPS) is 11.1. The van der Waals surface area contributed by atoms with Crippen LogP contribution in [0.3, 0.4) is 0 Å². The van der Waals surface area contributed by atoms with Gasteiger partial charge in [0.05, 0.1) is 17.1 Å². The first-order valence-electron chi connectivity index (χ1n) is 8.94. The molecule has 4 nitrogen and oxygen atoms in total. The summed E-state index contributed by atoms with van der Waals surface area (Å²) in [5.41, 5.74) is 3.64. The lowest BCUT2D eigenvalue weighted by Gasteiger charge is -2.00. The Kier molecular flexibility index (Phi) is 5.71. The van der Waals surface area contributed by atoms with Crippen LogP contribution < -0.4 is 5.56 Å². The van der Waals surface area contributed by atoms with E-state index in [1.54, 1.807) is 16.0 Å². The Hall–Kier alpha value is -2.28. The number of nitrogens with zero attached hydrogens (tertiary/aromatic N) is 2. The number of aromatic amines is 1. The van der Waals surface area contributed by atoms with Crippen molar-refractivity contribution in [1.29, 1.82) is 0 Å². The topological polar surface area (TPSA) is 50.7 Å². The van der Waals surface area contributed by atoms with Gasteiger partial charge in [-0.15, -0.1) is 11.3 Å². The second-order valence-electron chi connectivity index (χ2n) is 6.25. The Bertz CT molecular complexity index is 1130. The number of rotatable bonds is 6. The molecule has 0 aliphatic rings. The van der Waals surface area contributed by atoms with Gasteiger partial charge in [0, 0.05) is 16.0 Å². The van der Waals surface area contributed by atoms with Gasteiger partial charge in [-0.2, -0.15) is 0 Å². The summed E-state index contributed by atoms with van der Waals surface area (Å²) in [6.45, 7) is 2.11. The number of thiazole rings is 1. The summed E-state index contributed by atoms with van der Waals surface area (Å²) in [6.07, 6.45) is 1.77. The molecule has 0 fully saturated rings. The molecule has 0 aliphatic heterocycles. The second kappa shape index (κ2) is 8.39. The third-order valence-electron chi connectivity index (χ3n) is 4.25. The number of nitrogens with one attached hydrogen (secondary N) is 1. The molecule has 0 radical (unpaired) electrons. The van der Waals surface area contributed by atoms with Crippen LogP contribution in [0.25, 0.3) is 16.9 Å². The number of H-pyrrole nitrogens is 1.